The zero-order valence-electron chi connectivity index (χ0n) is 10.2. The summed E-state index contributed by atoms with van der Waals surface area (Å²) in [6.07, 6.45) is 3.36. The van der Waals surface area contributed by atoms with Gasteiger partial charge in [-0.3, -0.25) is 14.8 Å². The van der Waals surface area contributed by atoms with E-state index in [0.717, 1.165) is 5.69 Å². The maximum atomic E-state index is 10.9. The molecular weight excluding hydrogens is 248 g/mol. The molecule has 2 aromatic rings. The minimum absolute atomic E-state index is 0.0191. The van der Waals surface area contributed by atoms with Crippen LogP contribution in [0, 0.1) is 10.1 Å². The van der Waals surface area contributed by atoms with Gasteiger partial charge in [-0.25, -0.2) is 0 Å². The highest BCUT2D eigenvalue weighted by molar-refractivity contribution is 5.45. The summed E-state index contributed by atoms with van der Waals surface area (Å²) in [5, 5.41) is 26.7. The number of nitrogens with one attached hydrogen (secondary N) is 1. The smallest absolute Gasteiger partial charge is 0.274 e. The van der Waals surface area contributed by atoms with Gasteiger partial charge >= 0.3 is 0 Å². The van der Waals surface area contributed by atoms with Crippen molar-refractivity contribution in [2.45, 2.75) is 13.1 Å². The summed E-state index contributed by atoms with van der Waals surface area (Å²) in [7, 11) is 0. The Labute approximate surface area is 109 Å². The molecule has 0 aliphatic heterocycles. The van der Waals surface area contributed by atoms with Gasteiger partial charge in [0, 0.05) is 24.4 Å². The van der Waals surface area contributed by atoms with Crippen molar-refractivity contribution in [1.82, 2.24) is 9.78 Å². The molecule has 0 aliphatic carbocycles. The van der Waals surface area contributed by atoms with E-state index in [1.807, 2.05) is 0 Å². The van der Waals surface area contributed by atoms with E-state index in [1.165, 1.54) is 6.07 Å². The lowest BCUT2D eigenvalue weighted by atomic mass is 10.2. The molecular formula is C12H14N4O3. The summed E-state index contributed by atoms with van der Waals surface area (Å²) in [6, 6.07) is 6.59. The highest BCUT2D eigenvalue weighted by atomic mass is 16.6. The van der Waals surface area contributed by atoms with E-state index in [2.05, 4.69) is 10.4 Å². The first-order chi connectivity index (χ1) is 9.20. The molecule has 0 radical (unpaired) electrons. The number of nitro groups is 1. The molecule has 0 fully saturated rings. The molecule has 0 atom stereocenters. The number of hydrogen-bond acceptors (Lipinski definition) is 5. The third-order valence-corrected chi connectivity index (χ3v) is 2.63. The summed E-state index contributed by atoms with van der Waals surface area (Å²) in [5.74, 6) is 0. The molecule has 0 amide bonds. The second kappa shape index (κ2) is 5.96. The van der Waals surface area contributed by atoms with Crippen LogP contribution >= 0.6 is 0 Å². The molecule has 0 bridgehead atoms. The minimum atomic E-state index is -0.397. The Kier molecular flexibility index (Phi) is 4.09. The molecule has 0 saturated heterocycles. The van der Waals surface area contributed by atoms with Gasteiger partial charge < -0.3 is 10.4 Å². The van der Waals surface area contributed by atoms with E-state index in [1.54, 1.807) is 35.3 Å². The summed E-state index contributed by atoms with van der Waals surface area (Å²) in [5.41, 5.74) is 1.46. The minimum Gasteiger partial charge on any atom is -0.394 e. The van der Waals surface area contributed by atoms with E-state index in [4.69, 9.17) is 5.11 Å². The number of para-hydroxylation sites is 1. The number of aliphatic hydroxyl groups is 1. The van der Waals surface area contributed by atoms with Crippen LogP contribution < -0.4 is 5.32 Å². The van der Waals surface area contributed by atoms with Crippen LogP contribution in [-0.2, 0) is 13.1 Å². The number of anilines is 1. The molecule has 7 nitrogen and oxygen atoms in total. The molecule has 100 valence electrons. The Hall–Kier alpha value is -2.41. The van der Waals surface area contributed by atoms with Gasteiger partial charge in [-0.15, -0.1) is 0 Å². The van der Waals surface area contributed by atoms with Gasteiger partial charge in [-0.1, -0.05) is 18.2 Å². The Bertz CT molecular complexity index is 568. The van der Waals surface area contributed by atoms with Crippen molar-refractivity contribution in [3.8, 4) is 0 Å². The number of hydrogen-bond donors (Lipinski definition) is 2. The number of aromatic nitrogens is 2. The predicted molar refractivity (Wildman–Crippen MR) is 69.7 cm³/mol. The third-order valence-electron chi connectivity index (χ3n) is 2.63. The topological polar surface area (TPSA) is 93.2 Å². The second-order valence-corrected chi connectivity index (χ2v) is 3.96. The van der Waals surface area contributed by atoms with E-state index >= 15 is 0 Å². The molecule has 2 N–H and O–H groups in total. The average Bonchev–Trinajstić information content (AvgIpc) is 2.85. The first-order valence-electron chi connectivity index (χ1n) is 5.80. The Balaban J connectivity index is 2.03. The summed E-state index contributed by atoms with van der Waals surface area (Å²) >= 11 is 0. The van der Waals surface area contributed by atoms with Crippen LogP contribution in [0.5, 0.6) is 0 Å². The molecule has 1 aromatic carbocycles. The van der Waals surface area contributed by atoms with E-state index in [-0.39, 0.29) is 12.3 Å². The van der Waals surface area contributed by atoms with Gasteiger partial charge in [0.2, 0.25) is 0 Å². The summed E-state index contributed by atoms with van der Waals surface area (Å²) < 4.78 is 1.60. The van der Waals surface area contributed by atoms with E-state index in [0.29, 0.717) is 18.7 Å². The van der Waals surface area contributed by atoms with Gasteiger partial charge in [0.15, 0.2) is 0 Å². The number of nitro benzene ring substituents is 1. The summed E-state index contributed by atoms with van der Waals surface area (Å²) in [6.45, 7) is 0.792. The largest absolute Gasteiger partial charge is 0.394 e. The molecule has 2 rings (SSSR count). The molecule has 1 aromatic heterocycles. The zero-order chi connectivity index (χ0) is 13.7. The molecule has 19 heavy (non-hydrogen) atoms. The predicted octanol–water partition coefficient (Wildman–Crippen LogP) is 1.40. The number of nitrogens with zero attached hydrogens (tertiary/aromatic N) is 3. The summed E-state index contributed by atoms with van der Waals surface area (Å²) in [4.78, 5) is 10.5. The number of rotatable bonds is 6. The number of benzene rings is 1. The van der Waals surface area contributed by atoms with Gasteiger partial charge in [-0.2, -0.15) is 5.10 Å². The second-order valence-electron chi connectivity index (χ2n) is 3.96. The average molecular weight is 262 g/mol. The Morgan fingerprint density at radius 1 is 1.42 bits per heavy atom. The zero-order valence-corrected chi connectivity index (χ0v) is 10.2. The number of aliphatic hydroxyl groups excluding tert-OH is 1. The first-order valence-corrected chi connectivity index (χ1v) is 5.80. The van der Waals surface area contributed by atoms with Gasteiger partial charge in [0.25, 0.3) is 5.69 Å². The van der Waals surface area contributed by atoms with Crippen molar-refractivity contribution >= 4 is 11.4 Å². The van der Waals surface area contributed by atoms with Crippen molar-refractivity contribution in [3.05, 3.63) is 52.3 Å². The SMILES string of the molecule is O=[N+]([O-])c1ccccc1CNc1cnn(CCO)c1. The highest BCUT2D eigenvalue weighted by Gasteiger charge is 2.11. The maximum Gasteiger partial charge on any atom is 0.274 e. The lowest BCUT2D eigenvalue weighted by Gasteiger charge is -2.04. The fraction of sp³-hybridized carbons (Fsp3) is 0.250. The van der Waals surface area contributed by atoms with Crippen LogP contribution in [0.1, 0.15) is 5.56 Å². The molecule has 0 saturated carbocycles. The van der Waals surface area contributed by atoms with Crippen molar-refractivity contribution < 1.29 is 10.0 Å². The molecule has 0 spiro atoms. The molecule has 1 heterocycles. The standard InChI is InChI=1S/C12H14N4O3/c17-6-5-15-9-11(8-14-15)13-7-10-3-1-2-4-12(10)16(18)19/h1-4,8-9,13,17H,5-7H2. The Morgan fingerprint density at radius 2 is 2.21 bits per heavy atom. The fourth-order valence-corrected chi connectivity index (χ4v) is 1.72. The fourth-order valence-electron chi connectivity index (χ4n) is 1.72. The lowest BCUT2D eigenvalue weighted by molar-refractivity contribution is -0.385. The van der Waals surface area contributed by atoms with Crippen molar-refractivity contribution in [1.29, 1.82) is 0 Å². The highest BCUT2D eigenvalue weighted by Crippen LogP contribution is 2.18. The van der Waals surface area contributed by atoms with Gasteiger partial charge in [-0.05, 0) is 0 Å². The van der Waals surface area contributed by atoms with E-state index < -0.39 is 4.92 Å². The van der Waals surface area contributed by atoms with Crippen LogP contribution in [0.15, 0.2) is 36.7 Å². The molecule has 7 heteroatoms. The van der Waals surface area contributed by atoms with Crippen LogP contribution in [0.25, 0.3) is 0 Å². The van der Waals surface area contributed by atoms with Gasteiger partial charge in [0.05, 0.1) is 30.0 Å². The van der Waals surface area contributed by atoms with Gasteiger partial charge in [0.1, 0.15) is 0 Å². The normalized spacial score (nSPS) is 10.4. The van der Waals surface area contributed by atoms with Crippen molar-refractivity contribution in [2.24, 2.45) is 0 Å². The quantitative estimate of drug-likeness (QED) is 0.606. The van der Waals surface area contributed by atoms with Crippen LogP contribution in [0.2, 0.25) is 0 Å². The molecule has 0 aliphatic rings. The lowest BCUT2D eigenvalue weighted by Crippen LogP contribution is -2.03. The van der Waals surface area contributed by atoms with Crippen molar-refractivity contribution in [3.63, 3.8) is 0 Å². The maximum absolute atomic E-state index is 10.9. The van der Waals surface area contributed by atoms with Crippen molar-refractivity contribution in [2.75, 3.05) is 11.9 Å². The first kappa shape index (κ1) is 13.0. The van der Waals surface area contributed by atoms with Crippen LogP contribution in [0.3, 0.4) is 0 Å². The molecule has 0 unspecified atom stereocenters. The Morgan fingerprint density at radius 3 is 2.95 bits per heavy atom. The van der Waals surface area contributed by atoms with Crippen LogP contribution in [-0.4, -0.2) is 26.4 Å². The van der Waals surface area contributed by atoms with Crippen LogP contribution in [0.4, 0.5) is 11.4 Å². The monoisotopic (exact) mass is 262 g/mol. The third kappa shape index (κ3) is 3.29. The van der Waals surface area contributed by atoms with E-state index in [9.17, 15) is 10.1 Å².